The predicted molar refractivity (Wildman–Crippen MR) is 82.2 cm³/mol. The summed E-state index contributed by atoms with van der Waals surface area (Å²) in [7, 11) is 1.80. The molecule has 1 unspecified atom stereocenters. The Morgan fingerprint density at radius 2 is 2.00 bits per heavy atom. The lowest BCUT2D eigenvalue weighted by molar-refractivity contribution is 0.371. The topological polar surface area (TPSA) is 53.6 Å². The Bertz CT molecular complexity index is 642. The van der Waals surface area contributed by atoms with E-state index < -0.39 is 5.54 Å². The van der Waals surface area contributed by atoms with E-state index >= 15 is 0 Å². The number of aromatic nitrogens is 2. The predicted octanol–water partition coefficient (Wildman–Crippen LogP) is 2.90. The third kappa shape index (κ3) is 2.49. The van der Waals surface area contributed by atoms with Gasteiger partial charge in [-0.05, 0) is 42.4 Å². The van der Waals surface area contributed by atoms with Crippen LogP contribution in [0.1, 0.15) is 17.0 Å². The maximum absolute atomic E-state index is 9.69. The number of nitriles is 1. The minimum Gasteiger partial charge on any atom is -0.297 e. The smallest absolute Gasteiger partial charge is 0.151 e. The molecule has 1 aromatic heterocycles. The molecule has 104 valence electrons. The number of aryl methyl sites for hydroxylation is 1. The Hall–Kier alpha value is -1.64. The zero-order valence-electron chi connectivity index (χ0n) is 11.8. The van der Waals surface area contributed by atoms with Crippen molar-refractivity contribution in [3.8, 4) is 6.07 Å². The zero-order valence-corrected chi connectivity index (χ0v) is 13.4. The van der Waals surface area contributed by atoms with Crippen molar-refractivity contribution in [2.24, 2.45) is 0 Å². The average molecular weight is 333 g/mol. The molecule has 5 heteroatoms. The van der Waals surface area contributed by atoms with Crippen molar-refractivity contribution in [2.75, 3.05) is 7.05 Å². The number of nitrogens with one attached hydrogen (secondary N) is 1. The van der Waals surface area contributed by atoms with Gasteiger partial charge in [0.25, 0.3) is 0 Å². The van der Waals surface area contributed by atoms with E-state index in [0.717, 1.165) is 21.4 Å². The van der Waals surface area contributed by atoms with Crippen molar-refractivity contribution < 1.29 is 0 Å². The minimum atomic E-state index is -0.788. The third-order valence-corrected chi connectivity index (χ3v) is 4.71. The van der Waals surface area contributed by atoms with Crippen LogP contribution in [0.2, 0.25) is 0 Å². The molecule has 0 spiro atoms. The van der Waals surface area contributed by atoms with Gasteiger partial charge in [-0.1, -0.05) is 30.3 Å². The molecule has 2 aromatic rings. The van der Waals surface area contributed by atoms with E-state index in [9.17, 15) is 5.26 Å². The van der Waals surface area contributed by atoms with Crippen molar-refractivity contribution in [1.29, 1.82) is 5.26 Å². The Morgan fingerprint density at radius 3 is 2.45 bits per heavy atom. The van der Waals surface area contributed by atoms with E-state index in [4.69, 9.17) is 0 Å². The number of hydrogen-bond donors (Lipinski definition) is 1. The molecule has 1 aromatic carbocycles. The summed E-state index contributed by atoms with van der Waals surface area (Å²) in [4.78, 5) is 0. The Labute approximate surface area is 127 Å². The summed E-state index contributed by atoms with van der Waals surface area (Å²) in [5.74, 6) is 0. The molecule has 2 rings (SSSR count). The summed E-state index contributed by atoms with van der Waals surface area (Å²) in [6, 6.07) is 12.1. The number of hydrogen-bond acceptors (Lipinski definition) is 3. The van der Waals surface area contributed by atoms with Crippen molar-refractivity contribution in [2.45, 2.75) is 25.9 Å². The lowest BCUT2D eigenvalue weighted by Crippen LogP contribution is -2.43. The second-order valence-corrected chi connectivity index (χ2v) is 5.57. The van der Waals surface area contributed by atoms with Crippen LogP contribution in [0.3, 0.4) is 0 Å². The van der Waals surface area contributed by atoms with Gasteiger partial charge in [0.2, 0.25) is 0 Å². The van der Waals surface area contributed by atoms with E-state index in [-0.39, 0.29) is 0 Å². The molecule has 0 saturated carbocycles. The van der Waals surface area contributed by atoms with Gasteiger partial charge in [-0.25, -0.2) is 0 Å². The molecular weight excluding hydrogens is 316 g/mol. The number of likely N-dealkylation sites (N-methyl/N-ethyl adjacent to an activating group) is 1. The van der Waals surface area contributed by atoms with Crippen molar-refractivity contribution in [3.05, 3.63) is 51.8 Å². The maximum atomic E-state index is 9.69. The molecule has 0 aliphatic heterocycles. The van der Waals surface area contributed by atoms with Gasteiger partial charge in [0.15, 0.2) is 5.54 Å². The monoisotopic (exact) mass is 332 g/mol. The first-order chi connectivity index (χ1) is 9.54. The molecule has 1 atom stereocenters. The lowest BCUT2D eigenvalue weighted by Gasteiger charge is -2.27. The highest BCUT2D eigenvalue weighted by Gasteiger charge is 2.32. The van der Waals surface area contributed by atoms with E-state index in [1.165, 1.54) is 0 Å². The highest BCUT2D eigenvalue weighted by Crippen LogP contribution is 2.26. The second kappa shape index (κ2) is 5.78. The van der Waals surface area contributed by atoms with E-state index in [1.54, 1.807) is 7.05 Å². The van der Waals surface area contributed by atoms with Crippen LogP contribution >= 0.6 is 15.9 Å². The van der Waals surface area contributed by atoms with Gasteiger partial charge in [-0.3, -0.25) is 10.00 Å². The van der Waals surface area contributed by atoms with Crippen LogP contribution in [-0.4, -0.2) is 16.8 Å². The lowest BCUT2D eigenvalue weighted by atomic mass is 9.91. The Morgan fingerprint density at radius 1 is 1.35 bits per heavy atom. The number of benzene rings is 1. The molecule has 1 N–H and O–H groups in total. The van der Waals surface area contributed by atoms with Crippen LogP contribution < -0.4 is 5.32 Å². The van der Waals surface area contributed by atoms with E-state index in [0.29, 0.717) is 6.54 Å². The highest BCUT2D eigenvalue weighted by molar-refractivity contribution is 9.10. The summed E-state index contributed by atoms with van der Waals surface area (Å²) in [6.07, 6.45) is 0. The summed E-state index contributed by atoms with van der Waals surface area (Å²) in [5, 5.41) is 17.3. The first-order valence-corrected chi connectivity index (χ1v) is 7.18. The number of rotatable bonds is 4. The first-order valence-electron chi connectivity index (χ1n) is 6.39. The largest absolute Gasteiger partial charge is 0.297 e. The Balaban J connectivity index is 2.45. The van der Waals surface area contributed by atoms with Crippen LogP contribution in [0.5, 0.6) is 0 Å². The van der Waals surface area contributed by atoms with E-state index in [2.05, 4.69) is 32.4 Å². The third-order valence-electron chi connectivity index (χ3n) is 3.56. The van der Waals surface area contributed by atoms with Gasteiger partial charge in [-0.15, -0.1) is 0 Å². The molecule has 20 heavy (non-hydrogen) atoms. The number of halogens is 1. The van der Waals surface area contributed by atoms with E-state index in [1.807, 2.05) is 48.9 Å². The fraction of sp³-hybridized carbons (Fsp3) is 0.333. The van der Waals surface area contributed by atoms with Gasteiger partial charge in [0.05, 0.1) is 22.8 Å². The summed E-state index contributed by atoms with van der Waals surface area (Å²) in [5.41, 5.74) is 2.10. The van der Waals surface area contributed by atoms with Gasteiger partial charge >= 0.3 is 0 Å². The number of nitrogens with zero attached hydrogens (tertiary/aromatic N) is 3. The SMILES string of the molecule is CNC(C#N)(Cn1nc(C)c(Br)c1C)c1ccccc1. The summed E-state index contributed by atoms with van der Waals surface area (Å²) in [6.45, 7) is 4.40. The second-order valence-electron chi connectivity index (χ2n) is 4.78. The Kier molecular flexibility index (Phi) is 4.26. The van der Waals surface area contributed by atoms with Crippen LogP contribution in [0.25, 0.3) is 0 Å². The van der Waals surface area contributed by atoms with Crippen LogP contribution in [0.4, 0.5) is 0 Å². The molecular formula is C15H17BrN4. The van der Waals surface area contributed by atoms with Crippen molar-refractivity contribution in [3.63, 3.8) is 0 Å². The molecule has 0 bridgehead atoms. The van der Waals surface area contributed by atoms with Crippen LogP contribution in [0.15, 0.2) is 34.8 Å². The average Bonchev–Trinajstić information content (AvgIpc) is 2.73. The summed E-state index contributed by atoms with van der Waals surface area (Å²) >= 11 is 3.52. The van der Waals surface area contributed by atoms with Gasteiger partial charge in [0, 0.05) is 5.69 Å². The molecule has 0 saturated heterocycles. The van der Waals surface area contributed by atoms with Crippen LogP contribution in [0, 0.1) is 25.2 Å². The van der Waals surface area contributed by atoms with Gasteiger partial charge in [0.1, 0.15) is 0 Å². The highest BCUT2D eigenvalue weighted by atomic mass is 79.9. The van der Waals surface area contributed by atoms with Crippen molar-refractivity contribution in [1.82, 2.24) is 15.1 Å². The fourth-order valence-electron chi connectivity index (χ4n) is 2.25. The maximum Gasteiger partial charge on any atom is 0.151 e. The van der Waals surface area contributed by atoms with Crippen LogP contribution in [-0.2, 0) is 12.1 Å². The molecule has 0 fully saturated rings. The molecule has 0 radical (unpaired) electrons. The molecule has 0 aliphatic carbocycles. The minimum absolute atomic E-state index is 0.461. The standard InChI is InChI=1S/C15H17BrN4/c1-11-14(16)12(2)20(19-11)10-15(9-17,18-3)13-7-5-4-6-8-13/h4-8,18H,10H2,1-3H3. The molecule has 1 heterocycles. The molecule has 4 nitrogen and oxygen atoms in total. The van der Waals surface area contributed by atoms with Crippen molar-refractivity contribution >= 4 is 15.9 Å². The summed E-state index contributed by atoms with van der Waals surface area (Å²) < 4.78 is 2.86. The normalized spacial score (nSPS) is 13.8. The van der Waals surface area contributed by atoms with Gasteiger partial charge in [-0.2, -0.15) is 10.4 Å². The molecule has 0 amide bonds. The fourth-order valence-corrected chi connectivity index (χ4v) is 2.53. The molecule has 0 aliphatic rings. The zero-order chi connectivity index (χ0) is 14.8. The van der Waals surface area contributed by atoms with Gasteiger partial charge < -0.3 is 0 Å². The quantitative estimate of drug-likeness (QED) is 0.936. The first kappa shape index (κ1) is 14.8.